The number of anilines is 2. The molecule has 0 bridgehead atoms. The number of rotatable bonds is 6. The van der Waals surface area contributed by atoms with Crippen molar-refractivity contribution in [2.75, 3.05) is 30.5 Å². The molecule has 12 heteroatoms. The molecule has 31 heavy (non-hydrogen) atoms. The summed E-state index contributed by atoms with van der Waals surface area (Å²) < 4.78 is 44.6. The number of ether oxygens (including phenoxy) is 3. The minimum atomic E-state index is -2.78. The second-order valence-corrected chi connectivity index (χ2v) is 7.13. The van der Waals surface area contributed by atoms with Gasteiger partial charge in [-0.1, -0.05) is 0 Å². The van der Waals surface area contributed by atoms with E-state index < -0.39 is 37.1 Å². The molecule has 2 amide bonds. The molecule has 2 atom stereocenters. The molecule has 0 saturated carbocycles. The molecule has 1 saturated heterocycles. The average Bonchev–Trinajstić information content (AvgIpc) is 3.26. The highest BCUT2D eigenvalue weighted by molar-refractivity contribution is 5.90. The summed E-state index contributed by atoms with van der Waals surface area (Å²) in [5.74, 6) is 0.722. The molecule has 2 aliphatic heterocycles. The number of benzene rings is 1. The molecule has 1 aromatic heterocycles. The number of carbonyl (C=O) groups is 2. The van der Waals surface area contributed by atoms with Crippen molar-refractivity contribution in [2.45, 2.75) is 32.0 Å². The van der Waals surface area contributed by atoms with Crippen LogP contribution >= 0.6 is 0 Å². The largest absolute Gasteiger partial charge is 0.496 e. The van der Waals surface area contributed by atoms with Gasteiger partial charge < -0.3 is 29.8 Å². The molecular formula is C19H21F2N5O5. The lowest BCUT2D eigenvalue weighted by Crippen LogP contribution is -2.38. The summed E-state index contributed by atoms with van der Waals surface area (Å²) in [4.78, 5) is 28.8. The number of hydrogen-bond donors (Lipinski definition) is 2. The maximum atomic E-state index is 13.4. The number of carbonyl (C=O) groups excluding carboxylic acids is 2. The zero-order chi connectivity index (χ0) is 22.3. The van der Waals surface area contributed by atoms with Crippen LogP contribution in [-0.2, 0) is 16.1 Å². The Morgan fingerprint density at radius 3 is 2.84 bits per heavy atom. The lowest BCUT2D eigenvalue weighted by atomic mass is 10.1. The number of halogens is 2. The van der Waals surface area contributed by atoms with E-state index in [4.69, 9.17) is 19.9 Å². The van der Waals surface area contributed by atoms with Crippen molar-refractivity contribution in [1.82, 2.24) is 9.55 Å². The van der Waals surface area contributed by atoms with Crippen LogP contribution in [0, 0.1) is 0 Å². The summed E-state index contributed by atoms with van der Waals surface area (Å²) in [6.45, 7) is 1.84. The molecule has 0 aliphatic carbocycles. The van der Waals surface area contributed by atoms with Gasteiger partial charge in [-0.25, -0.2) is 23.5 Å². The first-order chi connectivity index (χ1) is 14.8. The van der Waals surface area contributed by atoms with Crippen LogP contribution in [0.5, 0.6) is 11.5 Å². The van der Waals surface area contributed by atoms with Gasteiger partial charge in [-0.05, 0) is 6.92 Å². The van der Waals surface area contributed by atoms with Crippen molar-refractivity contribution in [3.05, 3.63) is 18.3 Å². The normalized spacial score (nSPS) is 18.5. The topological polar surface area (TPSA) is 121 Å². The van der Waals surface area contributed by atoms with Crippen LogP contribution in [0.1, 0.15) is 6.92 Å². The van der Waals surface area contributed by atoms with Gasteiger partial charge in [0, 0.05) is 24.0 Å². The molecule has 0 radical (unpaired) electrons. The van der Waals surface area contributed by atoms with E-state index in [2.05, 4.69) is 10.3 Å². The Morgan fingerprint density at radius 2 is 2.16 bits per heavy atom. The molecule has 1 fully saturated rings. The van der Waals surface area contributed by atoms with Crippen LogP contribution in [0.2, 0.25) is 0 Å². The molecule has 3 heterocycles. The second-order valence-electron chi connectivity index (χ2n) is 7.13. The zero-order valence-corrected chi connectivity index (χ0v) is 16.8. The maximum absolute atomic E-state index is 13.4. The highest BCUT2D eigenvalue weighted by Crippen LogP contribution is 2.43. The van der Waals surface area contributed by atoms with Gasteiger partial charge >= 0.3 is 6.09 Å². The van der Waals surface area contributed by atoms with Crippen LogP contribution in [-0.4, -0.2) is 60.4 Å². The van der Waals surface area contributed by atoms with E-state index in [9.17, 15) is 18.4 Å². The minimum absolute atomic E-state index is 0.0576. The molecule has 1 aromatic carbocycles. The molecule has 2 aliphatic rings. The maximum Gasteiger partial charge on any atom is 0.416 e. The van der Waals surface area contributed by atoms with E-state index >= 15 is 0 Å². The third kappa shape index (κ3) is 3.68. The first-order valence-electron chi connectivity index (χ1n) is 9.52. The zero-order valence-electron chi connectivity index (χ0n) is 16.8. The van der Waals surface area contributed by atoms with Gasteiger partial charge in [0.25, 0.3) is 6.43 Å². The number of primary amides is 1. The van der Waals surface area contributed by atoms with Crippen molar-refractivity contribution in [2.24, 2.45) is 5.73 Å². The Hall–Kier alpha value is -3.57. The molecule has 2 aromatic rings. The summed E-state index contributed by atoms with van der Waals surface area (Å²) in [6.07, 6.45) is -2.14. The van der Waals surface area contributed by atoms with Crippen LogP contribution in [0.15, 0.2) is 18.3 Å². The lowest BCUT2D eigenvalue weighted by Gasteiger charge is -2.18. The number of amides is 2. The first kappa shape index (κ1) is 20.7. The summed E-state index contributed by atoms with van der Waals surface area (Å²) in [6, 6.07) is 1.28. The van der Waals surface area contributed by atoms with Crippen LogP contribution in [0.25, 0.3) is 11.4 Å². The Kier molecular flexibility index (Phi) is 5.29. The van der Waals surface area contributed by atoms with E-state index in [-0.39, 0.29) is 12.4 Å². The van der Waals surface area contributed by atoms with Crippen LogP contribution in [0.4, 0.5) is 25.1 Å². The van der Waals surface area contributed by atoms with E-state index in [1.807, 2.05) is 0 Å². The van der Waals surface area contributed by atoms with Gasteiger partial charge in [0.05, 0.1) is 13.7 Å². The fourth-order valence-electron chi connectivity index (χ4n) is 3.52. The van der Waals surface area contributed by atoms with Gasteiger partial charge in [0.1, 0.15) is 48.2 Å². The Morgan fingerprint density at radius 1 is 1.39 bits per heavy atom. The quantitative estimate of drug-likeness (QED) is 0.707. The van der Waals surface area contributed by atoms with Gasteiger partial charge in [-0.15, -0.1) is 0 Å². The summed E-state index contributed by atoms with van der Waals surface area (Å²) >= 11 is 0. The van der Waals surface area contributed by atoms with Crippen molar-refractivity contribution >= 4 is 23.5 Å². The summed E-state index contributed by atoms with van der Waals surface area (Å²) in [5, 5.41) is 2.97. The molecule has 0 spiro atoms. The first-order valence-corrected chi connectivity index (χ1v) is 9.52. The monoisotopic (exact) mass is 437 g/mol. The standard InChI is InChI=1S/C19H21F2N5O5/c1-9(17(22)27)23-10-5-12(29-2)15-13(6-10)30-4-3-25-7-14(24-18(15)25)26-11(16(20)21)8-31-19(26)28/h5-7,9,11,16,23H,3-4,8H2,1-2H3,(H2,22,27)/t9?,11-/m0/s1. The number of alkyl halides is 2. The third-order valence-electron chi connectivity index (χ3n) is 5.12. The average molecular weight is 437 g/mol. The fraction of sp³-hybridized carbons (Fsp3) is 0.421. The highest BCUT2D eigenvalue weighted by Gasteiger charge is 2.42. The SMILES string of the molecule is COc1cc(NC(C)C(N)=O)cc2c1-c1nc(N3C(=O)OC[C@H]3C(F)F)cn1CCO2. The van der Waals surface area contributed by atoms with Crippen LogP contribution in [0.3, 0.4) is 0 Å². The summed E-state index contributed by atoms with van der Waals surface area (Å²) in [5.41, 5.74) is 6.35. The second kappa shape index (κ2) is 7.93. The van der Waals surface area contributed by atoms with E-state index in [1.54, 1.807) is 23.6 Å². The molecule has 1 unspecified atom stereocenters. The van der Waals surface area contributed by atoms with Gasteiger partial charge in [-0.3, -0.25) is 4.79 Å². The van der Waals surface area contributed by atoms with E-state index in [0.29, 0.717) is 35.1 Å². The van der Waals surface area contributed by atoms with Crippen molar-refractivity contribution in [1.29, 1.82) is 0 Å². The van der Waals surface area contributed by atoms with Crippen LogP contribution < -0.4 is 25.4 Å². The number of fused-ring (bicyclic) bond motifs is 3. The Bertz CT molecular complexity index is 1030. The molecule has 10 nitrogen and oxygen atoms in total. The Labute approximate surface area is 175 Å². The number of aromatic nitrogens is 2. The number of imidazole rings is 1. The lowest BCUT2D eigenvalue weighted by molar-refractivity contribution is -0.118. The number of nitrogens with two attached hydrogens (primary N) is 1. The van der Waals surface area contributed by atoms with E-state index in [1.165, 1.54) is 13.3 Å². The van der Waals surface area contributed by atoms with Crippen molar-refractivity contribution in [3.63, 3.8) is 0 Å². The predicted octanol–water partition coefficient (Wildman–Crippen LogP) is 1.83. The number of nitrogens with zero attached hydrogens (tertiary/aromatic N) is 3. The van der Waals surface area contributed by atoms with Gasteiger partial charge in [-0.2, -0.15) is 0 Å². The highest BCUT2D eigenvalue weighted by atomic mass is 19.3. The van der Waals surface area contributed by atoms with Gasteiger partial charge in [0.2, 0.25) is 5.91 Å². The molecular weight excluding hydrogens is 416 g/mol. The van der Waals surface area contributed by atoms with Crippen molar-refractivity contribution < 1.29 is 32.6 Å². The third-order valence-corrected chi connectivity index (χ3v) is 5.12. The Balaban J connectivity index is 1.77. The minimum Gasteiger partial charge on any atom is -0.496 e. The number of cyclic esters (lactones) is 1. The summed E-state index contributed by atoms with van der Waals surface area (Å²) in [7, 11) is 1.46. The van der Waals surface area contributed by atoms with Crippen molar-refractivity contribution in [3.8, 4) is 22.9 Å². The molecule has 166 valence electrons. The molecule has 4 rings (SSSR count). The van der Waals surface area contributed by atoms with Gasteiger partial charge in [0.15, 0.2) is 5.82 Å². The molecule has 3 N–H and O–H groups in total. The predicted molar refractivity (Wildman–Crippen MR) is 106 cm³/mol. The fourth-order valence-corrected chi connectivity index (χ4v) is 3.52. The smallest absolute Gasteiger partial charge is 0.416 e. The van der Waals surface area contributed by atoms with E-state index in [0.717, 1.165) is 4.90 Å². The number of hydrogen-bond acceptors (Lipinski definition) is 7. The number of nitrogens with one attached hydrogen (secondary N) is 1. The number of methoxy groups -OCH3 is 1.